The van der Waals surface area contributed by atoms with E-state index in [2.05, 4.69) is 60.0 Å². The van der Waals surface area contributed by atoms with Crippen molar-refractivity contribution in [2.45, 2.75) is 59.4 Å². The van der Waals surface area contributed by atoms with Crippen LogP contribution in [0, 0.1) is 18.3 Å². The highest BCUT2D eigenvalue weighted by molar-refractivity contribution is 9.10. The number of hydrogen-bond donors (Lipinski definition) is 1. The van der Waals surface area contributed by atoms with Crippen molar-refractivity contribution in [3.8, 4) is 0 Å². The molecule has 1 aliphatic rings. The van der Waals surface area contributed by atoms with Crippen LogP contribution in [0.3, 0.4) is 0 Å². The first kappa shape index (κ1) is 14.8. The molecule has 2 atom stereocenters. The zero-order chi connectivity index (χ0) is 14.0. The van der Waals surface area contributed by atoms with Gasteiger partial charge in [0.1, 0.15) is 4.60 Å². The number of hydrogen-bond acceptors (Lipinski definition) is 2. The Kier molecular flexibility index (Phi) is 4.54. The number of nitrogens with one attached hydrogen (secondary N) is 1. The lowest BCUT2D eigenvalue weighted by atomic mass is 9.69. The summed E-state index contributed by atoms with van der Waals surface area (Å²) in [6.45, 7) is 9.18. The van der Waals surface area contributed by atoms with Gasteiger partial charge in [-0.1, -0.05) is 33.6 Å². The van der Waals surface area contributed by atoms with Crippen molar-refractivity contribution < 1.29 is 0 Å². The molecule has 0 radical (unpaired) electrons. The second-order valence-electron chi connectivity index (χ2n) is 6.84. The van der Waals surface area contributed by atoms with Gasteiger partial charge in [-0.2, -0.15) is 0 Å². The van der Waals surface area contributed by atoms with E-state index in [1.54, 1.807) is 0 Å². The highest BCUT2D eigenvalue weighted by Gasteiger charge is 2.34. The summed E-state index contributed by atoms with van der Waals surface area (Å²) >= 11 is 3.46. The Hall–Kier alpha value is -0.570. The van der Waals surface area contributed by atoms with E-state index in [9.17, 15) is 0 Å². The zero-order valence-electron chi connectivity index (χ0n) is 12.5. The minimum Gasteiger partial charge on any atom is -0.381 e. The number of pyridine rings is 1. The molecule has 1 heterocycles. The number of halogens is 1. The summed E-state index contributed by atoms with van der Waals surface area (Å²) in [5.74, 6) is 0.741. The molecule has 2 nitrogen and oxygen atoms in total. The fourth-order valence-electron chi connectivity index (χ4n) is 3.19. The van der Waals surface area contributed by atoms with Crippen LogP contribution >= 0.6 is 15.9 Å². The van der Waals surface area contributed by atoms with Crippen molar-refractivity contribution in [2.75, 3.05) is 5.32 Å². The maximum absolute atomic E-state index is 4.39. The van der Waals surface area contributed by atoms with E-state index in [0.717, 1.165) is 16.2 Å². The van der Waals surface area contributed by atoms with Gasteiger partial charge in [0.05, 0.1) is 11.9 Å². The maximum Gasteiger partial charge on any atom is 0.109 e. The minimum absolute atomic E-state index is 0.371. The van der Waals surface area contributed by atoms with E-state index in [1.165, 1.54) is 31.2 Å². The lowest BCUT2D eigenvalue weighted by Gasteiger charge is -2.41. The van der Waals surface area contributed by atoms with E-state index in [0.29, 0.717) is 11.5 Å². The Bertz CT molecular complexity index is 437. The zero-order valence-corrected chi connectivity index (χ0v) is 14.0. The molecule has 0 bridgehead atoms. The summed E-state index contributed by atoms with van der Waals surface area (Å²) in [5.41, 5.74) is 2.71. The molecule has 0 spiro atoms. The number of rotatable bonds is 2. The highest BCUT2D eigenvalue weighted by atomic mass is 79.9. The van der Waals surface area contributed by atoms with Gasteiger partial charge in [0, 0.05) is 6.04 Å². The molecule has 1 saturated carbocycles. The van der Waals surface area contributed by atoms with Gasteiger partial charge >= 0.3 is 0 Å². The molecule has 1 aliphatic carbocycles. The fraction of sp³-hybridized carbons (Fsp3) is 0.688. The second-order valence-corrected chi connectivity index (χ2v) is 7.59. The monoisotopic (exact) mass is 324 g/mol. The highest BCUT2D eigenvalue weighted by Crippen LogP contribution is 2.39. The molecule has 19 heavy (non-hydrogen) atoms. The Morgan fingerprint density at radius 3 is 2.58 bits per heavy atom. The average Bonchev–Trinajstić information content (AvgIpc) is 2.33. The van der Waals surface area contributed by atoms with Crippen LogP contribution in [0.1, 0.15) is 52.0 Å². The van der Waals surface area contributed by atoms with Crippen molar-refractivity contribution in [1.29, 1.82) is 0 Å². The SMILES string of the molecule is Cc1cc(NC2CCCCC2C(C)(C)C)cnc1Br. The van der Waals surface area contributed by atoms with Gasteiger partial charge < -0.3 is 5.32 Å². The van der Waals surface area contributed by atoms with E-state index in [1.807, 2.05) is 6.20 Å². The van der Waals surface area contributed by atoms with Gasteiger partial charge in [-0.05, 0) is 58.7 Å². The van der Waals surface area contributed by atoms with Crippen LogP contribution in [0.4, 0.5) is 5.69 Å². The van der Waals surface area contributed by atoms with Crippen LogP contribution < -0.4 is 5.32 Å². The van der Waals surface area contributed by atoms with Gasteiger partial charge in [0.15, 0.2) is 0 Å². The van der Waals surface area contributed by atoms with Gasteiger partial charge in [0.2, 0.25) is 0 Å². The standard InChI is InChI=1S/C16H25BrN2/c1-11-9-12(10-18-15(11)17)19-14-8-6-5-7-13(14)16(2,3)4/h9-10,13-14,19H,5-8H2,1-4H3. The predicted octanol–water partition coefficient (Wildman–Crippen LogP) is 5.17. The van der Waals surface area contributed by atoms with E-state index >= 15 is 0 Å². The largest absolute Gasteiger partial charge is 0.381 e. The van der Waals surface area contributed by atoms with Crippen LogP contribution in [-0.2, 0) is 0 Å². The van der Waals surface area contributed by atoms with Gasteiger partial charge in [-0.25, -0.2) is 4.98 Å². The van der Waals surface area contributed by atoms with Crippen molar-refractivity contribution in [3.63, 3.8) is 0 Å². The normalized spacial score (nSPS) is 24.3. The molecule has 2 rings (SSSR count). The number of nitrogens with zero attached hydrogens (tertiary/aromatic N) is 1. The fourth-order valence-corrected chi connectivity index (χ4v) is 3.41. The average molecular weight is 325 g/mol. The molecule has 1 aromatic rings. The molecule has 2 unspecified atom stereocenters. The lowest BCUT2D eigenvalue weighted by molar-refractivity contribution is 0.163. The van der Waals surface area contributed by atoms with E-state index in [4.69, 9.17) is 0 Å². The van der Waals surface area contributed by atoms with Crippen LogP contribution in [0.15, 0.2) is 16.9 Å². The van der Waals surface area contributed by atoms with Gasteiger partial charge in [0.25, 0.3) is 0 Å². The van der Waals surface area contributed by atoms with E-state index < -0.39 is 0 Å². The molecule has 0 amide bonds. The first-order chi connectivity index (χ1) is 8.88. The van der Waals surface area contributed by atoms with Crippen molar-refractivity contribution >= 4 is 21.6 Å². The third kappa shape index (κ3) is 3.71. The first-order valence-electron chi connectivity index (χ1n) is 7.26. The molecular formula is C16H25BrN2. The van der Waals surface area contributed by atoms with Crippen LogP contribution in [0.2, 0.25) is 0 Å². The molecular weight excluding hydrogens is 300 g/mol. The first-order valence-corrected chi connectivity index (χ1v) is 8.06. The second kappa shape index (κ2) is 5.82. The third-order valence-corrected chi connectivity index (χ3v) is 5.07. The third-order valence-electron chi connectivity index (χ3n) is 4.24. The molecule has 106 valence electrons. The van der Waals surface area contributed by atoms with Crippen molar-refractivity contribution in [2.24, 2.45) is 11.3 Å². The van der Waals surface area contributed by atoms with Crippen LogP contribution in [0.5, 0.6) is 0 Å². The smallest absolute Gasteiger partial charge is 0.109 e. The van der Waals surface area contributed by atoms with Crippen LogP contribution in [0.25, 0.3) is 0 Å². The number of anilines is 1. The van der Waals surface area contributed by atoms with E-state index in [-0.39, 0.29) is 0 Å². The summed E-state index contributed by atoms with van der Waals surface area (Å²) < 4.78 is 0.939. The van der Waals surface area contributed by atoms with Crippen LogP contribution in [-0.4, -0.2) is 11.0 Å². The predicted molar refractivity (Wildman–Crippen MR) is 85.5 cm³/mol. The van der Waals surface area contributed by atoms with Gasteiger partial charge in [-0.3, -0.25) is 0 Å². The number of aromatic nitrogens is 1. The Morgan fingerprint density at radius 2 is 1.95 bits per heavy atom. The maximum atomic E-state index is 4.39. The Morgan fingerprint density at radius 1 is 1.26 bits per heavy atom. The Balaban J connectivity index is 2.13. The molecule has 3 heteroatoms. The lowest BCUT2D eigenvalue weighted by Crippen LogP contribution is -2.39. The summed E-state index contributed by atoms with van der Waals surface area (Å²) in [6.07, 6.45) is 7.26. The van der Waals surface area contributed by atoms with Gasteiger partial charge in [-0.15, -0.1) is 0 Å². The van der Waals surface area contributed by atoms with Crippen molar-refractivity contribution in [3.05, 3.63) is 22.4 Å². The summed E-state index contributed by atoms with van der Waals surface area (Å²) in [6, 6.07) is 2.77. The number of aryl methyl sites for hydroxylation is 1. The minimum atomic E-state index is 0.371. The Labute approximate surface area is 125 Å². The van der Waals surface area contributed by atoms with Crippen molar-refractivity contribution in [1.82, 2.24) is 4.98 Å². The molecule has 1 aromatic heterocycles. The summed E-state index contributed by atoms with van der Waals surface area (Å²) in [7, 11) is 0. The molecule has 0 saturated heterocycles. The summed E-state index contributed by atoms with van der Waals surface area (Å²) in [4.78, 5) is 4.39. The molecule has 0 aromatic carbocycles. The quantitative estimate of drug-likeness (QED) is 0.759. The molecule has 1 N–H and O–H groups in total. The molecule has 0 aliphatic heterocycles. The molecule has 1 fully saturated rings. The summed E-state index contributed by atoms with van der Waals surface area (Å²) in [5, 5.41) is 3.72. The topological polar surface area (TPSA) is 24.9 Å².